The third kappa shape index (κ3) is 4.42. The molecule has 5 fully saturated rings. The van der Waals surface area contributed by atoms with Gasteiger partial charge in [0.05, 0.1) is 24.7 Å². The Morgan fingerprint density at radius 2 is 1.51 bits per heavy atom. The van der Waals surface area contributed by atoms with Gasteiger partial charge in [0, 0.05) is 5.82 Å². The smallest absolute Gasteiger partial charge is 0.354 e. The Hall–Kier alpha value is -0.680. The Bertz CT molecular complexity index is 1110. The number of carboxylic acids is 1. The molecule has 0 amide bonds. The molecule has 0 spiro atoms. The van der Waals surface area contributed by atoms with Gasteiger partial charge in [-0.1, -0.05) is 40.2 Å². The van der Waals surface area contributed by atoms with Crippen molar-refractivity contribution in [1.82, 2.24) is 0 Å². The van der Waals surface area contributed by atoms with E-state index >= 15 is 0 Å². The maximum absolute atomic E-state index is 13.5. The van der Waals surface area contributed by atoms with E-state index in [9.17, 15) is 19.6 Å². The van der Waals surface area contributed by atoms with Gasteiger partial charge >= 0.3 is 13.6 Å². The van der Waals surface area contributed by atoms with Crippen molar-refractivity contribution >= 4 is 13.6 Å². The van der Waals surface area contributed by atoms with Gasteiger partial charge in [-0.3, -0.25) is 9.36 Å². The van der Waals surface area contributed by atoms with E-state index in [0.717, 1.165) is 63.4 Å². The summed E-state index contributed by atoms with van der Waals surface area (Å²) in [5.41, 5.74) is 0.550. The molecule has 0 aromatic heterocycles. The number of aliphatic carboxylic acids is 1. The highest BCUT2D eigenvalue weighted by atomic mass is 31.2. The van der Waals surface area contributed by atoms with Crippen LogP contribution in [0.2, 0.25) is 0 Å². The van der Waals surface area contributed by atoms with Crippen LogP contribution in [0, 0.1) is 56.7 Å². The Morgan fingerprint density at radius 1 is 0.854 bits per heavy atom. The molecule has 10 atom stereocenters. The molecule has 0 aliphatic heterocycles. The topological polar surface area (TPSA) is 93.1 Å². The minimum absolute atomic E-state index is 0.0274. The fourth-order valence-corrected chi connectivity index (χ4v) is 13.9. The molecule has 0 bridgehead atoms. The number of hydrogen-bond donors (Lipinski definition) is 2. The fourth-order valence-electron chi connectivity index (χ4n) is 12.3. The Kier molecular flexibility index (Phi) is 8.09. The minimum Gasteiger partial charge on any atom is -0.481 e. The van der Waals surface area contributed by atoms with Crippen molar-refractivity contribution in [3.8, 4) is 0 Å². The average molecular weight is 593 g/mol. The first-order valence-electron chi connectivity index (χ1n) is 16.6. The highest BCUT2D eigenvalue weighted by Crippen LogP contribution is 2.77. The zero-order valence-electron chi connectivity index (χ0n) is 27.0. The van der Waals surface area contributed by atoms with Gasteiger partial charge < -0.3 is 19.3 Å². The zero-order valence-corrected chi connectivity index (χ0v) is 27.9. The summed E-state index contributed by atoms with van der Waals surface area (Å²) >= 11 is 0. The van der Waals surface area contributed by atoms with Crippen LogP contribution in [0.25, 0.3) is 0 Å². The van der Waals surface area contributed by atoms with Gasteiger partial charge in [0.15, 0.2) is 0 Å². The van der Waals surface area contributed by atoms with E-state index in [2.05, 4.69) is 34.6 Å². The zero-order chi connectivity index (χ0) is 30.2. The molecule has 2 N–H and O–H groups in total. The van der Waals surface area contributed by atoms with Gasteiger partial charge in [-0.25, -0.2) is 0 Å². The van der Waals surface area contributed by atoms with Crippen LogP contribution in [-0.4, -0.2) is 35.5 Å². The van der Waals surface area contributed by atoms with E-state index in [4.69, 9.17) is 9.05 Å². The maximum atomic E-state index is 13.5. The largest absolute Gasteiger partial charge is 0.481 e. The lowest BCUT2D eigenvalue weighted by atomic mass is 9.32. The Labute approximate surface area is 249 Å². The number of carbonyl (C=O) groups is 1. The molecule has 5 rings (SSSR count). The predicted octanol–water partition coefficient (Wildman–Crippen LogP) is 8.68. The first kappa shape index (κ1) is 31.7. The molecule has 7 unspecified atom stereocenters. The molecule has 7 heteroatoms. The lowest BCUT2D eigenvalue weighted by Crippen LogP contribution is -2.67. The number of carboxylic acid groups (broad SMARTS) is 1. The van der Waals surface area contributed by atoms with Crippen LogP contribution in [0.3, 0.4) is 0 Å². The summed E-state index contributed by atoms with van der Waals surface area (Å²) < 4.78 is 24.8. The molecule has 6 nitrogen and oxygen atoms in total. The van der Waals surface area contributed by atoms with Crippen molar-refractivity contribution in [3.63, 3.8) is 0 Å². The first-order valence-corrected chi connectivity index (χ1v) is 18.2. The van der Waals surface area contributed by atoms with Gasteiger partial charge in [-0.15, -0.1) is 0 Å². The number of hydrogen-bond acceptors (Lipinski definition) is 5. The van der Waals surface area contributed by atoms with E-state index in [1.54, 1.807) is 5.82 Å². The van der Waals surface area contributed by atoms with E-state index in [-0.39, 0.29) is 39.6 Å². The van der Waals surface area contributed by atoms with Crippen molar-refractivity contribution in [2.45, 2.75) is 126 Å². The minimum atomic E-state index is -3.38. The summed E-state index contributed by atoms with van der Waals surface area (Å²) in [6.07, 6.45) is 9.40. The standard InChI is InChI=1S/C34H57O6P/c1-9-39-41(38,40-10-2)21-22(3)23-13-18-34(29(36)37)20-19-32(7)24(28(23)34)11-12-26-31(6)16-15-27(35)30(4,5)25(31)14-17-33(26,32)8/h21,23-28,35H,9-20H2,1-8H3,(H,36,37)/b22-21+/t23?,24?,25?,26?,27?,28?,31-,32+,33+,34?/m0/s1. The second-order valence-electron chi connectivity index (χ2n) is 15.9. The van der Waals surface area contributed by atoms with Gasteiger partial charge in [0.2, 0.25) is 0 Å². The molecule has 5 aliphatic rings. The van der Waals surface area contributed by atoms with Crippen molar-refractivity contribution in [3.05, 3.63) is 11.4 Å². The number of aliphatic hydroxyl groups excluding tert-OH is 1. The summed E-state index contributed by atoms with van der Waals surface area (Å²) in [6, 6.07) is 0. The summed E-state index contributed by atoms with van der Waals surface area (Å²) in [7, 11) is -3.38. The molecule has 0 aromatic rings. The molecule has 0 aromatic carbocycles. The van der Waals surface area contributed by atoms with E-state index in [1.807, 2.05) is 20.8 Å². The van der Waals surface area contributed by atoms with Crippen LogP contribution in [0.15, 0.2) is 11.4 Å². The predicted molar refractivity (Wildman–Crippen MR) is 162 cm³/mol. The molecule has 41 heavy (non-hydrogen) atoms. The second kappa shape index (κ2) is 10.5. The van der Waals surface area contributed by atoms with Crippen molar-refractivity contribution in [1.29, 1.82) is 0 Å². The fraction of sp³-hybridized carbons (Fsp3) is 0.912. The lowest BCUT2D eigenvalue weighted by molar-refractivity contribution is -0.248. The van der Waals surface area contributed by atoms with Crippen molar-refractivity contribution < 1.29 is 28.6 Å². The Morgan fingerprint density at radius 3 is 2.12 bits per heavy atom. The van der Waals surface area contributed by atoms with Gasteiger partial charge in [0.25, 0.3) is 0 Å². The van der Waals surface area contributed by atoms with Crippen molar-refractivity contribution in [2.75, 3.05) is 13.2 Å². The monoisotopic (exact) mass is 592 g/mol. The summed E-state index contributed by atoms with van der Waals surface area (Å²) in [5.74, 6) is 2.58. The molecule has 5 aliphatic carbocycles. The molecular weight excluding hydrogens is 535 g/mol. The number of fused-ring (bicyclic) bond motifs is 7. The molecule has 5 saturated carbocycles. The normalized spacial score (nSPS) is 47.6. The molecule has 0 radical (unpaired) electrons. The van der Waals surface area contributed by atoms with Gasteiger partial charge in [0.1, 0.15) is 0 Å². The quantitative estimate of drug-likeness (QED) is 0.287. The maximum Gasteiger partial charge on any atom is 0.354 e. The number of aliphatic hydroxyl groups is 1. The summed E-state index contributed by atoms with van der Waals surface area (Å²) in [4.78, 5) is 13.2. The Balaban J connectivity index is 1.54. The lowest BCUT2D eigenvalue weighted by Gasteiger charge is -2.72. The van der Waals surface area contributed by atoms with Crippen molar-refractivity contribution in [2.24, 2.45) is 56.7 Å². The van der Waals surface area contributed by atoms with Crippen LogP contribution in [0.5, 0.6) is 0 Å². The van der Waals surface area contributed by atoms with Crippen LogP contribution in [0.4, 0.5) is 0 Å². The highest BCUT2D eigenvalue weighted by Gasteiger charge is 2.72. The third-order valence-corrected chi connectivity index (χ3v) is 16.4. The molecule has 0 saturated heterocycles. The number of rotatable bonds is 7. The summed E-state index contributed by atoms with van der Waals surface area (Å²) in [6.45, 7) is 18.5. The highest BCUT2D eigenvalue weighted by molar-refractivity contribution is 7.57. The van der Waals surface area contributed by atoms with Crippen LogP contribution in [0.1, 0.15) is 120 Å². The molecule has 0 heterocycles. The molecule has 234 valence electrons. The van der Waals surface area contributed by atoms with Crippen LogP contribution in [-0.2, 0) is 18.4 Å². The van der Waals surface area contributed by atoms with Crippen LogP contribution < -0.4 is 0 Å². The number of allylic oxidation sites excluding steroid dienone is 1. The summed E-state index contributed by atoms with van der Waals surface area (Å²) in [5, 5.41) is 21.8. The van der Waals surface area contributed by atoms with E-state index in [0.29, 0.717) is 37.4 Å². The first-order chi connectivity index (χ1) is 19.1. The van der Waals surface area contributed by atoms with E-state index in [1.165, 1.54) is 0 Å². The third-order valence-electron chi connectivity index (χ3n) is 14.4. The van der Waals surface area contributed by atoms with Crippen LogP contribution >= 0.6 is 7.60 Å². The molecular formula is C34H57O6P. The SMILES string of the molecule is CCOP(=O)(/C=C(\C)C1CCC2(C(=O)O)CC[C@]3(C)C(CCC4[C@@]5(C)CCC(O)C(C)(C)C5CC[C@]43C)C12)OCC. The van der Waals surface area contributed by atoms with E-state index < -0.39 is 19.0 Å². The van der Waals surface area contributed by atoms with Gasteiger partial charge in [-0.05, 0) is 136 Å². The average Bonchev–Trinajstić information content (AvgIpc) is 3.28. The van der Waals surface area contributed by atoms with Gasteiger partial charge in [-0.2, -0.15) is 0 Å². The second-order valence-corrected chi connectivity index (χ2v) is 17.8.